The Morgan fingerprint density at radius 3 is 2.43 bits per heavy atom. The van der Waals surface area contributed by atoms with Crippen LogP contribution in [0.25, 0.3) is 0 Å². The van der Waals surface area contributed by atoms with Crippen molar-refractivity contribution in [3.05, 3.63) is 71.5 Å². The number of methoxy groups -OCH3 is 1. The zero-order valence-electron chi connectivity index (χ0n) is 12.8. The molecule has 0 spiro atoms. The Hall–Kier alpha value is -2.47. The molecule has 23 heavy (non-hydrogen) atoms. The van der Waals surface area contributed by atoms with Gasteiger partial charge in [0.15, 0.2) is 5.82 Å². The number of hydrogen-bond donors (Lipinski definition) is 1. The van der Waals surface area contributed by atoms with Gasteiger partial charge < -0.3 is 10.6 Å². The summed E-state index contributed by atoms with van der Waals surface area (Å²) in [5, 5.41) is 9.11. The quantitative estimate of drug-likeness (QED) is 0.557. The lowest BCUT2D eigenvalue weighted by molar-refractivity contribution is 0.414. The molecule has 2 N–H and O–H groups in total. The highest BCUT2D eigenvalue weighted by Gasteiger charge is 2.11. The average Bonchev–Trinajstić information content (AvgIpc) is 2.95. The fraction of sp³-hybridized carbons (Fsp3) is 0.176. The predicted molar refractivity (Wildman–Crippen MR) is 92.0 cm³/mol. The molecular weight excluding hydrogens is 308 g/mol. The largest absolute Gasteiger partial charge is 0.497 e. The van der Waals surface area contributed by atoms with Crippen molar-refractivity contribution in [2.45, 2.75) is 17.3 Å². The van der Waals surface area contributed by atoms with Crippen LogP contribution in [0.5, 0.6) is 5.75 Å². The minimum absolute atomic E-state index is 0.638. The van der Waals surface area contributed by atoms with Crippen LogP contribution in [-0.4, -0.2) is 22.0 Å². The van der Waals surface area contributed by atoms with E-state index in [4.69, 9.17) is 10.6 Å². The molecule has 0 aliphatic rings. The van der Waals surface area contributed by atoms with Crippen LogP contribution in [0, 0.1) is 0 Å². The van der Waals surface area contributed by atoms with E-state index in [0.717, 1.165) is 28.0 Å². The van der Waals surface area contributed by atoms with Gasteiger partial charge in [-0.1, -0.05) is 54.2 Å². The summed E-state index contributed by atoms with van der Waals surface area (Å²) in [7, 11) is 1.65. The molecule has 3 aromatic rings. The SMILES string of the molecule is COc1ccc(Cc2nnc(SCc3ccccc3)n2N)cc1. The summed E-state index contributed by atoms with van der Waals surface area (Å²) in [5.41, 5.74) is 2.35. The molecule has 0 atom stereocenters. The lowest BCUT2D eigenvalue weighted by Crippen LogP contribution is -2.14. The topological polar surface area (TPSA) is 66.0 Å². The van der Waals surface area contributed by atoms with E-state index in [2.05, 4.69) is 22.3 Å². The first-order chi connectivity index (χ1) is 11.3. The molecule has 1 heterocycles. The fourth-order valence-electron chi connectivity index (χ4n) is 2.17. The maximum absolute atomic E-state index is 6.12. The van der Waals surface area contributed by atoms with Crippen molar-refractivity contribution >= 4 is 11.8 Å². The maximum Gasteiger partial charge on any atom is 0.210 e. The van der Waals surface area contributed by atoms with E-state index < -0.39 is 0 Å². The normalized spacial score (nSPS) is 10.7. The number of ether oxygens (including phenoxy) is 1. The van der Waals surface area contributed by atoms with Gasteiger partial charge in [0, 0.05) is 12.2 Å². The second kappa shape index (κ2) is 7.19. The molecule has 0 saturated heterocycles. The van der Waals surface area contributed by atoms with Crippen molar-refractivity contribution in [1.82, 2.24) is 14.9 Å². The second-order valence-corrected chi connectivity index (χ2v) is 6.01. The highest BCUT2D eigenvalue weighted by Crippen LogP contribution is 2.21. The van der Waals surface area contributed by atoms with Gasteiger partial charge in [-0.2, -0.15) is 0 Å². The summed E-state index contributed by atoms with van der Waals surface area (Å²) in [6, 6.07) is 18.1. The smallest absolute Gasteiger partial charge is 0.210 e. The van der Waals surface area contributed by atoms with E-state index in [-0.39, 0.29) is 0 Å². The molecule has 1 aromatic heterocycles. The van der Waals surface area contributed by atoms with Crippen molar-refractivity contribution < 1.29 is 4.74 Å². The zero-order chi connectivity index (χ0) is 16.1. The Kier molecular flexibility index (Phi) is 4.83. The van der Waals surface area contributed by atoms with Crippen LogP contribution in [0.2, 0.25) is 0 Å². The third-order valence-electron chi connectivity index (χ3n) is 3.47. The van der Waals surface area contributed by atoms with E-state index in [1.54, 1.807) is 23.5 Å². The summed E-state index contributed by atoms with van der Waals surface area (Å²) in [4.78, 5) is 0. The van der Waals surface area contributed by atoms with Gasteiger partial charge in [0.05, 0.1) is 7.11 Å². The molecule has 5 nitrogen and oxygen atoms in total. The lowest BCUT2D eigenvalue weighted by atomic mass is 10.1. The Balaban J connectivity index is 1.66. The van der Waals surface area contributed by atoms with Gasteiger partial charge in [0.2, 0.25) is 5.16 Å². The van der Waals surface area contributed by atoms with Crippen LogP contribution in [0.15, 0.2) is 59.8 Å². The molecule has 0 aliphatic heterocycles. The van der Waals surface area contributed by atoms with E-state index in [0.29, 0.717) is 6.42 Å². The fourth-order valence-corrected chi connectivity index (χ4v) is 3.01. The molecule has 2 aromatic carbocycles. The Bertz CT molecular complexity index is 756. The van der Waals surface area contributed by atoms with Gasteiger partial charge in [0.25, 0.3) is 0 Å². The zero-order valence-corrected chi connectivity index (χ0v) is 13.7. The molecule has 0 bridgehead atoms. The van der Waals surface area contributed by atoms with Gasteiger partial charge >= 0.3 is 0 Å². The van der Waals surface area contributed by atoms with Crippen LogP contribution >= 0.6 is 11.8 Å². The first kappa shape index (κ1) is 15.4. The molecular formula is C17H18N4OS. The van der Waals surface area contributed by atoms with Crippen molar-refractivity contribution in [1.29, 1.82) is 0 Å². The van der Waals surface area contributed by atoms with Crippen LogP contribution < -0.4 is 10.6 Å². The van der Waals surface area contributed by atoms with Gasteiger partial charge in [0.1, 0.15) is 5.75 Å². The summed E-state index contributed by atoms with van der Waals surface area (Å²) in [6.45, 7) is 0. The first-order valence-corrected chi connectivity index (χ1v) is 8.24. The minimum Gasteiger partial charge on any atom is -0.497 e. The summed E-state index contributed by atoms with van der Waals surface area (Å²) in [6.07, 6.45) is 0.638. The van der Waals surface area contributed by atoms with E-state index in [1.165, 1.54) is 5.56 Å². The average molecular weight is 326 g/mol. The number of nitrogen functional groups attached to an aromatic ring is 1. The Morgan fingerprint density at radius 1 is 1.00 bits per heavy atom. The lowest BCUT2D eigenvalue weighted by Gasteiger charge is -2.05. The Labute approximate surface area is 139 Å². The number of hydrogen-bond acceptors (Lipinski definition) is 5. The van der Waals surface area contributed by atoms with Gasteiger partial charge in [-0.15, -0.1) is 10.2 Å². The Morgan fingerprint density at radius 2 is 1.74 bits per heavy atom. The molecule has 0 saturated carbocycles. The standard InChI is InChI=1S/C17H18N4OS/c1-22-15-9-7-13(8-10-15)11-16-19-20-17(21(16)18)23-12-14-5-3-2-4-6-14/h2-10H,11-12,18H2,1H3. The summed E-state index contributed by atoms with van der Waals surface area (Å²) < 4.78 is 6.73. The number of nitrogens with zero attached hydrogens (tertiary/aromatic N) is 3. The third-order valence-corrected chi connectivity index (χ3v) is 4.48. The number of thioether (sulfide) groups is 1. The summed E-state index contributed by atoms with van der Waals surface area (Å²) >= 11 is 1.58. The molecule has 3 rings (SSSR count). The van der Waals surface area contributed by atoms with Crippen LogP contribution in [-0.2, 0) is 12.2 Å². The highest BCUT2D eigenvalue weighted by molar-refractivity contribution is 7.98. The molecule has 0 fully saturated rings. The van der Waals surface area contributed by atoms with Gasteiger partial charge in [-0.25, -0.2) is 4.68 Å². The van der Waals surface area contributed by atoms with E-state index in [1.807, 2.05) is 42.5 Å². The number of rotatable bonds is 6. The predicted octanol–water partition coefficient (Wildman–Crippen LogP) is 2.88. The van der Waals surface area contributed by atoms with Crippen LogP contribution in [0.4, 0.5) is 0 Å². The monoisotopic (exact) mass is 326 g/mol. The number of nitrogens with two attached hydrogens (primary N) is 1. The van der Waals surface area contributed by atoms with Crippen molar-refractivity contribution in [2.75, 3.05) is 13.0 Å². The molecule has 0 radical (unpaired) electrons. The molecule has 6 heteroatoms. The molecule has 0 aliphatic carbocycles. The number of benzene rings is 2. The van der Waals surface area contributed by atoms with Crippen molar-refractivity contribution in [3.63, 3.8) is 0 Å². The molecule has 118 valence electrons. The highest BCUT2D eigenvalue weighted by atomic mass is 32.2. The summed E-state index contributed by atoms with van der Waals surface area (Å²) in [5.74, 6) is 8.51. The van der Waals surface area contributed by atoms with Crippen LogP contribution in [0.1, 0.15) is 17.0 Å². The number of aromatic nitrogens is 3. The van der Waals surface area contributed by atoms with Crippen LogP contribution in [0.3, 0.4) is 0 Å². The minimum atomic E-state index is 0.638. The second-order valence-electron chi connectivity index (χ2n) is 5.07. The van der Waals surface area contributed by atoms with Crippen molar-refractivity contribution in [3.8, 4) is 5.75 Å². The molecule has 0 unspecified atom stereocenters. The van der Waals surface area contributed by atoms with E-state index >= 15 is 0 Å². The van der Waals surface area contributed by atoms with Gasteiger partial charge in [-0.3, -0.25) is 0 Å². The third kappa shape index (κ3) is 3.84. The first-order valence-electron chi connectivity index (χ1n) is 7.25. The molecule has 0 amide bonds. The van der Waals surface area contributed by atoms with E-state index in [9.17, 15) is 0 Å². The maximum atomic E-state index is 6.12. The van der Waals surface area contributed by atoms with Crippen molar-refractivity contribution in [2.24, 2.45) is 0 Å². The van der Waals surface area contributed by atoms with Gasteiger partial charge in [-0.05, 0) is 23.3 Å².